The van der Waals surface area contributed by atoms with Crippen LogP contribution in [0.5, 0.6) is 0 Å². The molecule has 1 aromatic carbocycles. The van der Waals surface area contributed by atoms with Crippen LogP contribution in [0.2, 0.25) is 0 Å². The van der Waals surface area contributed by atoms with E-state index in [1.165, 1.54) is 25.9 Å². The smallest absolute Gasteiger partial charge is 0.106 e. The molecule has 0 aliphatic carbocycles. The fourth-order valence-electron chi connectivity index (χ4n) is 2.21. The highest BCUT2D eigenvalue weighted by atomic mass is 32.1. The van der Waals surface area contributed by atoms with E-state index in [4.69, 9.17) is 18.0 Å². The predicted octanol–water partition coefficient (Wildman–Crippen LogP) is 1.83. The highest BCUT2D eigenvalue weighted by Gasteiger charge is 2.10. The first-order valence-corrected chi connectivity index (χ1v) is 6.53. The number of thiocarbonyl (C=S) groups is 1. The van der Waals surface area contributed by atoms with E-state index in [1.807, 2.05) is 24.3 Å². The number of likely N-dealkylation sites (tertiary alicyclic amines) is 1. The number of anilines is 1. The Morgan fingerprint density at radius 2 is 2.00 bits per heavy atom. The van der Waals surface area contributed by atoms with Crippen molar-refractivity contribution in [1.29, 1.82) is 0 Å². The molecule has 3 N–H and O–H groups in total. The van der Waals surface area contributed by atoms with Crippen LogP contribution in [0.25, 0.3) is 0 Å². The van der Waals surface area contributed by atoms with Gasteiger partial charge in [0.2, 0.25) is 0 Å². The van der Waals surface area contributed by atoms with E-state index in [0.717, 1.165) is 24.3 Å². The monoisotopic (exact) mass is 249 g/mol. The topological polar surface area (TPSA) is 41.3 Å². The first-order chi connectivity index (χ1) is 8.27. The zero-order valence-corrected chi connectivity index (χ0v) is 10.8. The second-order valence-electron chi connectivity index (χ2n) is 4.39. The molecular formula is C13H19N3S. The summed E-state index contributed by atoms with van der Waals surface area (Å²) in [6.07, 6.45) is 2.67. The maximum absolute atomic E-state index is 5.69. The minimum absolute atomic E-state index is 0.453. The summed E-state index contributed by atoms with van der Waals surface area (Å²) in [5.74, 6) is 0. The zero-order valence-electron chi connectivity index (χ0n) is 9.98. The lowest BCUT2D eigenvalue weighted by Crippen LogP contribution is -2.26. The molecule has 1 aliphatic heterocycles. The molecular weight excluding hydrogens is 230 g/mol. The van der Waals surface area contributed by atoms with Crippen LogP contribution < -0.4 is 11.1 Å². The van der Waals surface area contributed by atoms with Gasteiger partial charge in [0, 0.05) is 24.3 Å². The summed E-state index contributed by atoms with van der Waals surface area (Å²) in [6.45, 7) is 4.50. The predicted molar refractivity (Wildman–Crippen MR) is 76.5 cm³/mol. The minimum Gasteiger partial charge on any atom is -0.389 e. The van der Waals surface area contributed by atoms with Crippen molar-refractivity contribution in [3.63, 3.8) is 0 Å². The normalized spacial score (nSPS) is 16.0. The Hall–Kier alpha value is -1.13. The first-order valence-electron chi connectivity index (χ1n) is 6.12. The van der Waals surface area contributed by atoms with Gasteiger partial charge in [0.05, 0.1) is 0 Å². The molecule has 0 amide bonds. The largest absolute Gasteiger partial charge is 0.389 e. The van der Waals surface area contributed by atoms with Crippen molar-refractivity contribution in [3.05, 3.63) is 29.8 Å². The molecule has 0 spiro atoms. The standard InChI is InChI=1S/C13H19N3S/c14-13(17)11-5-1-2-6-12(11)15-7-10-16-8-3-4-9-16/h1-2,5-6,15H,3-4,7-10H2,(H2,14,17). The number of nitrogens with two attached hydrogens (primary N) is 1. The summed E-state index contributed by atoms with van der Waals surface area (Å²) >= 11 is 5.03. The van der Waals surface area contributed by atoms with E-state index in [2.05, 4.69) is 10.2 Å². The van der Waals surface area contributed by atoms with E-state index < -0.39 is 0 Å². The Balaban J connectivity index is 1.87. The van der Waals surface area contributed by atoms with Gasteiger partial charge < -0.3 is 16.0 Å². The zero-order chi connectivity index (χ0) is 12.1. The van der Waals surface area contributed by atoms with Crippen molar-refractivity contribution >= 4 is 22.9 Å². The Kier molecular flexibility index (Phi) is 4.34. The van der Waals surface area contributed by atoms with Gasteiger partial charge in [-0.2, -0.15) is 0 Å². The van der Waals surface area contributed by atoms with Gasteiger partial charge in [0.1, 0.15) is 4.99 Å². The van der Waals surface area contributed by atoms with Gasteiger partial charge in [0.15, 0.2) is 0 Å². The summed E-state index contributed by atoms with van der Waals surface area (Å²) in [7, 11) is 0. The molecule has 3 nitrogen and oxygen atoms in total. The molecule has 2 rings (SSSR count). The fourth-order valence-corrected chi connectivity index (χ4v) is 2.39. The summed E-state index contributed by atoms with van der Waals surface area (Å²) in [6, 6.07) is 7.94. The number of hydrogen-bond donors (Lipinski definition) is 2. The third-order valence-corrected chi connectivity index (χ3v) is 3.35. The first kappa shape index (κ1) is 12.3. The molecule has 92 valence electrons. The Bertz CT molecular complexity index is 386. The molecule has 1 aliphatic rings. The van der Waals surface area contributed by atoms with Crippen molar-refractivity contribution in [1.82, 2.24) is 4.90 Å². The highest BCUT2D eigenvalue weighted by molar-refractivity contribution is 7.80. The van der Waals surface area contributed by atoms with Crippen molar-refractivity contribution in [3.8, 4) is 0 Å². The maximum Gasteiger partial charge on any atom is 0.106 e. The van der Waals surface area contributed by atoms with Crippen LogP contribution in [-0.4, -0.2) is 36.1 Å². The number of para-hydroxylation sites is 1. The molecule has 0 radical (unpaired) electrons. The van der Waals surface area contributed by atoms with Gasteiger partial charge in [-0.3, -0.25) is 0 Å². The lowest BCUT2D eigenvalue weighted by molar-refractivity contribution is 0.352. The summed E-state index contributed by atoms with van der Waals surface area (Å²) < 4.78 is 0. The molecule has 0 atom stereocenters. The SMILES string of the molecule is NC(=S)c1ccccc1NCCN1CCCC1. The fraction of sp³-hybridized carbons (Fsp3) is 0.462. The second-order valence-corrected chi connectivity index (χ2v) is 4.83. The van der Waals surface area contributed by atoms with Crippen LogP contribution in [0.4, 0.5) is 5.69 Å². The third kappa shape index (κ3) is 3.41. The van der Waals surface area contributed by atoms with Gasteiger partial charge in [-0.05, 0) is 38.1 Å². The molecule has 0 unspecified atom stereocenters. The summed E-state index contributed by atoms with van der Waals surface area (Å²) in [5.41, 5.74) is 7.66. The van der Waals surface area contributed by atoms with E-state index >= 15 is 0 Å². The highest BCUT2D eigenvalue weighted by Crippen LogP contribution is 2.14. The van der Waals surface area contributed by atoms with Crippen molar-refractivity contribution in [2.75, 3.05) is 31.5 Å². The van der Waals surface area contributed by atoms with E-state index in [0.29, 0.717) is 4.99 Å². The Morgan fingerprint density at radius 1 is 1.29 bits per heavy atom. The molecule has 1 fully saturated rings. The Morgan fingerprint density at radius 3 is 2.71 bits per heavy atom. The van der Waals surface area contributed by atoms with Gasteiger partial charge in [-0.25, -0.2) is 0 Å². The summed E-state index contributed by atoms with van der Waals surface area (Å²) in [5, 5.41) is 3.41. The number of nitrogens with zero attached hydrogens (tertiary/aromatic N) is 1. The molecule has 1 heterocycles. The van der Waals surface area contributed by atoms with Crippen LogP contribution in [0.1, 0.15) is 18.4 Å². The molecule has 17 heavy (non-hydrogen) atoms. The number of nitrogens with one attached hydrogen (secondary N) is 1. The average molecular weight is 249 g/mol. The van der Waals surface area contributed by atoms with E-state index in [9.17, 15) is 0 Å². The van der Waals surface area contributed by atoms with Gasteiger partial charge in [-0.1, -0.05) is 24.4 Å². The molecule has 0 saturated carbocycles. The van der Waals surface area contributed by atoms with Gasteiger partial charge in [-0.15, -0.1) is 0 Å². The average Bonchev–Trinajstić information content (AvgIpc) is 2.82. The lowest BCUT2D eigenvalue weighted by atomic mass is 10.2. The minimum atomic E-state index is 0.453. The quantitative estimate of drug-likeness (QED) is 0.781. The van der Waals surface area contributed by atoms with Crippen LogP contribution in [0, 0.1) is 0 Å². The van der Waals surface area contributed by atoms with Crippen molar-refractivity contribution in [2.24, 2.45) is 5.73 Å². The second kappa shape index (κ2) is 5.98. The van der Waals surface area contributed by atoms with Crippen LogP contribution in [0.3, 0.4) is 0 Å². The number of hydrogen-bond acceptors (Lipinski definition) is 3. The lowest BCUT2D eigenvalue weighted by Gasteiger charge is -2.16. The van der Waals surface area contributed by atoms with Crippen LogP contribution in [0.15, 0.2) is 24.3 Å². The number of rotatable bonds is 5. The van der Waals surface area contributed by atoms with Gasteiger partial charge >= 0.3 is 0 Å². The molecule has 4 heteroatoms. The van der Waals surface area contributed by atoms with E-state index in [-0.39, 0.29) is 0 Å². The van der Waals surface area contributed by atoms with Crippen LogP contribution in [-0.2, 0) is 0 Å². The van der Waals surface area contributed by atoms with Crippen LogP contribution >= 0.6 is 12.2 Å². The summed E-state index contributed by atoms with van der Waals surface area (Å²) in [4.78, 5) is 2.94. The van der Waals surface area contributed by atoms with E-state index in [1.54, 1.807) is 0 Å². The van der Waals surface area contributed by atoms with Gasteiger partial charge in [0.25, 0.3) is 0 Å². The molecule has 0 bridgehead atoms. The molecule has 1 saturated heterocycles. The maximum atomic E-state index is 5.69. The Labute approximate surface area is 108 Å². The molecule has 1 aromatic rings. The van der Waals surface area contributed by atoms with Crippen molar-refractivity contribution in [2.45, 2.75) is 12.8 Å². The van der Waals surface area contributed by atoms with Crippen molar-refractivity contribution < 1.29 is 0 Å². The molecule has 0 aromatic heterocycles. The third-order valence-electron chi connectivity index (χ3n) is 3.13. The number of benzene rings is 1.